The first kappa shape index (κ1) is 15.4. The molecule has 0 bridgehead atoms. The molecular formula is C15H23N7O. The van der Waals surface area contributed by atoms with Crippen molar-refractivity contribution in [2.24, 2.45) is 0 Å². The van der Waals surface area contributed by atoms with Crippen LogP contribution in [-0.2, 0) is 0 Å². The fourth-order valence-electron chi connectivity index (χ4n) is 2.66. The van der Waals surface area contributed by atoms with E-state index in [1.165, 1.54) is 0 Å². The molecule has 8 heteroatoms. The zero-order chi connectivity index (χ0) is 16.2. The summed E-state index contributed by atoms with van der Waals surface area (Å²) in [7, 11) is 0. The van der Waals surface area contributed by atoms with Crippen LogP contribution in [0.3, 0.4) is 0 Å². The minimum atomic E-state index is 0.185. The molecule has 2 aromatic rings. The molecule has 0 aliphatic carbocycles. The van der Waals surface area contributed by atoms with Gasteiger partial charge in [-0.25, -0.2) is 4.98 Å². The first-order valence-corrected chi connectivity index (χ1v) is 7.79. The molecule has 1 aliphatic heterocycles. The van der Waals surface area contributed by atoms with Crippen molar-refractivity contribution in [1.82, 2.24) is 24.4 Å². The maximum absolute atomic E-state index is 8.94. The number of aliphatic hydroxyl groups is 1. The van der Waals surface area contributed by atoms with Gasteiger partial charge in [-0.3, -0.25) is 0 Å². The molecule has 8 nitrogen and oxygen atoms in total. The first-order chi connectivity index (χ1) is 11.2. The smallest absolute Gasteiger partial charge is 0.180 e. The number of aryl methyl sites for hydroxylation is 1. The molecule has 2 aromatic heterocycles. The van der Waals surface area contributed by atoms with Gasteiger partial charge in [-0.15, -0.1) is 0 Å². The molecule has 23 heavy (non-hydrogen) atoms. The second-order valence-corrected chi connectivity index (χ2v) is 5.69. The molecule has 0 unspecified atom stereocenters. The van der Waals surface area contributed by atoms with Crippen molar-refractivity contribution in [3.63, 3.8) is 0 Å². The molecule has 3 heterocycles. The molecule has 4 N–H and O–H groups in total. The van der Waals surface area contributed by atoms with Gasteiger partial charge in [-0.05, 0) is 13.3 Å². The van der Waals surface area contributed by atoms with Gasteiger partial charge in [-0.1, -0.05) is 0 Å². The van der Waals surface area contributed by atoms with Crippen molar-refractivity contribution < 1.29 is 5.11 Å². The molecule has 0 spiro atoms. The third-order valence-electron chi connectivity index (χ3n) is 3.79. The SMILES string of the molecule is Cc1cc(NCCCN2C=CN(CCO)C2)n2ncc(N)c2n1. The lowest BCUT2D eigenvalue weighted by Crippen LogP contribution is -2.28. The van der Waals surface area contributed by atoms with E-state index in [9.17, 15) is 0 Å². The van der Waals surface area contributed by atoms with Crippen molar-refractivity contribution in [2.45, 2.75) is 13.3 Å². The Bertz CT molecular complexity index is 696. The van der Waals surface area contributed by atoms with E-state index in [1.54, 1.807) is 10.7 Å². The maximum Gasteiger partial charge on any atom is 0.180 e. The normalized spacial score (nSPS) is 14.2. The molecule has 0 radical (unpaired) electrons. The molecule has 0 atom stereocenters. The fourth-order valence-corrected chi connectivity index (χ4v) is 2.66. The Kier molecular flexibility index (Phi) is 4.52. The third kappa shape index (κ3) is 3.48. The summed E-state index contributed by atoms with van der Waals surface area (Å²) in [6, 6.07) is 1.97. The van der Waals surface area contributed by atoms with Crippen LogP contribution in [0.25, 0.3) is 5.65 Å². The number of rotatable bonds is 7. The Morgan fingerprint density at radius 3 is 2.87 bits per heavy atom. The Morgan fingerprint density at radius 2 is 2.09 bits per heavy atom. The Balaban J connectivity index is 1.51. The van der Waals surface area contributed by atoms with Gasteiger partial charge in [-0.2, -0.15) is 9.61 Å². The molecule has 0 saturated heterocycles. The highest BCUT2D eigenvalue weighted by molar-refractivity contribution is 5.66. The first-order valence-electron chi connectivity index (χ1n) is 7.79. The van der Waals surface area contributed by atoms with Crippen LogP contribution in [0.1, 0.15) is 12.1 Å². The van der Waals surface area contributed by atoms with E-state index in [4.69, 9.17) is 10.8 Å². The van der Waals surface area contributed by atoms with Crippen molar-refractivity contribution in [2.75, 3.05) is 44.0 Å². The van der Waals surface area contributed by atoms with Crippen molar-refractivity contribution in [3.05, 3.63) is 30.4 Å². The number of hydrogen-bond acceptors (Lipinski definition) is 7. The van der Waals surface area contributed by atoms with Gasteiger partial charge in [0.15, 0.2) is 5.65 Å². The minimum absolute atomic E-state index is 0.185. The quantitative estimate of drug-likeness (QED) is 0.639. The van der Waals surface area contributed by atoms with E-state index < -0.39 is 0 Å². The minimum Gasteiger partial charge on any atom is -0.395 e. The molecule has 0 fully saturated rings. The van der Waals surface area contributed by atoms with Gasteiger partial charge < -0.3 is 26.0 Å². The number of fused-ring (bicyclic) bond motifs is 1. The molecule has 0 amide bonds. The summed E-state index contributed by atoms with van der Waals surface area (Å²) in [4.78, 5) is 8.73. The lowest BCUT2D eigenvalue weighted by molar-refractivity contribution is 0.206. The lowest BCUT2D eigenvalue weighted by atomic mass is 10.3. The number of anilines is 2. The molecule has 1 aliphatic rings. The number of aromatic nitrogens is 3. The summed E-state index contributed by atoms with van der Waals surface area (Å²) in [5.41, 5.74) is 8.07. The topological polar surface area (TPSA) is 94.9 Å². The van der Waals surface area contributed by atoms with Crippen molar-refractivity contribution >= 4 is 17.2 Å². The lowest BCUT2D eigenvalue weighted by Gasteiger charge is -2.20. The van der Waals surface area contributed by atoms with Crippen LogP contribution in [0.15, 0.2) is 24.7 Å². The van der Waals surface area contributed by atoms with Gasteiger partial charge in [0.25, 0.3) is 0 Å². The average molecular weight is 317 g/mol. The van der Waals surface area contributed by atoms with Crippen LogP contribution in [0.5, 0.6) is 0 Å². The van der Waals surface area contributed by atoms with Gasteiger partial charge >= 0.3 is 0 Å². The highest BCUT2D eigenvalue weighted by Gasteiger charge is 2.11. The number of β-amino-alcohol motifs (C(OH)–C–C–N with tert-alkyl or cyclic N) is 1. The van der Waals surface area contributed by atoms with E-state index >= 15 is 0 Å². The number of aliphatic hydroxyl groups excluding tert-OH is 1. The summed E-state index contributed by atoms with van der Waals surface area (Å²) in [6.07, 6.45) is 6.71. The number of nitrogens with zero attached hydrogens (tertiary/aromatic N) is 5. The summed E-state index contributed by atoms with van der Waals surface area (Å²) < 4.78 is 1.74. The summed E-state index contributed by atoms with van der Waals surface area (Å²) in [6.45, 7) is 5.45. The number of nitrogens with one attached hydrogen (secondary N) is 1. The highest BCUT2D eigenvalue weighted by atomic mass is 16.3. The monoisotopic (exact) mass is 317 g/mol. The zero-order valence-electron chi connectivity index (χ0n) is 13.3. The van der Waals surface area contributed by atoms with Gasteiger partial charge in [0, 0.05) is 43.8 Å². The van der Waals surface area contributed by atoms with Crippen LogP contribution in [0.2, 0.25) is 0 Å². The van der Waals surface area contributed by atoms with E-state index in [0.717, 1.165) is 37.7 Å². The second-order valence-electron chi connectivity index (χ2n) is 5.69. The molecular weight excluding hydrogens is 294 g/mol. The van der Waals surface area contributed by atoms with Gasteiger partial charge in [0.05, 0.1) is 25.2 Å². The van der Waals surface area contributed by atoms with E-state index in [0.29, 0.717) is 17.9 Å². The van der Waals surface area contributed by atoms with Crippen LogP contribution in [-0.4, -0.2) is 62.4 Å². The number of hydrogen-bond donors (Lipinski definition) is 3. The van der Waals surface area contributed by atoms with Crippen molar-refractivity contribution in [3.8, 4) is 0 Å². The van der Waals surface area contributed by atoms with Gasteiger partial charge in [0.1, 0.15) is 5.82 Å². The molecule has 124 valence electrons. The molecule has 0 saturated carbocycles. The van der Waals surface area contributed by atoms with Crippen LogP contribution in [0.4, 0.5) is 11.5 Å². The zero-order valence-corrected chi connectivity index (χ0v) is 13.3. The highest BCUT2D eigenvalue weighted by Crippen LogP contribution is 2.17. The summed E-state index contributed by atoms with van der Waals surface area (Å²) in [5.74, 6) is 0.906. The Hall–Kier alpha value is -2.48. The largest absolute Gasteiger partial charge is 0.395 e. The number of nitrogens with two attached hydrogens (primary N) is 1. The Labute approximate surface area is 135 Å². The fraction of sp³-hybridized carbons (Fsp3) is 0.467. The predicted molar refractivity (Wildman–Crippen MR) is 89.7 cm³/mol. The molecule has 3 rings (SSSR count). The van der Waals surface area contributed by atoms with Gasteiger partial charge in [0.2, 0.25) is 0 Å². The summed E-state index contributed by atoms with van der Waals surface area (Å²) in [5, 5.41) is 16.6. The third-order valence-corrected chi connectivity index (χ3v) is 3.79. The van der Waals surface area contributed by atoms with Crippen LogP contribution >= 0.6 is 0 Å². The summed E-state index contributed by atoms with van der Waals surface area (Å²) >= 11 is 0. The standard InChI is InChI=1S/C15H23N7O/c1-12-9-14(22-15(19-12)13(16)10-18-22)17-3-2-4-20-5-6-21(11-20)7-8-23/h5-6,9-10,17,23H,2-4,7-8,11,16H2,1H3. The average Bonchev–Trinajstić information content (AvgIpc) is 3.12. The van der Waals surface area contributed by atoms with E-state index in [-0.39, 0.29) is 6.61 Å². The predicted octanol–water partition coefficient (Wildman–Crippen LogP) is 0.461. The van der Waals surface area contributed by atoms with Crippen LogP contribution < -0.4 is 11.1 Å². The van der Waals surface area contributed by atoms with E-state index in [2.05, 4.69) is 31.4 Å². The number of nitrogen functional groups attached to an aromatic ring is 1. The van der Waals surface area contributed by atoms with E-state index in [1.807, 2.05) is 19.2 Å². The van der Waals surface area contributed by atoms with Crippen LogP contribution in [0, 0.1) is 6.92 Å². The van der Waals surface area contributed by atoms with Crippen molar-refractivity contribution in [1.29, 1.82) is 0 Å². The second kappa shape index (κ2) is 6.74. The Morgan fingerprint density at radius 1 is 1.30 bits per heavy atom. The maximum atomic E-state index is 8.94. The molecule has 0 aromatic carbocycles.